The zero-order chi connectivity index (χ0) is 30.1. The van der Waals surface area contributed by atoms with E-state index in [2.05, 4.69) is 16.0 Å². The summed E-state index contributed by atoms with van der Waals surface area (Å²) in [7, 11) is 1.51. The Morgan fingerprint density at radius 2 is 1.60 bits per heavy atom. The molecule has 1 unspecified atom stereocenters. The van der Waals surface area contributed by atoms with Crippen molar-refractivity contribution < 1.29 is 23.5 Å². The molecular formula is C32H27ClFN3O4S. The summed E-state index contributed by atoms with van der Waals surface area (Å²) in [6, 6.07) is 25.9. The van der Waals surface area contributed by atoms with Crippen molar-refractivity contribution in [2.75, 3.05) is 17.7 Å². The lowest BCUT2D eigenvalue weighted by Crippen LogP contribution is -2.30. The molecule has 7 nitrogen and oxygen atoms in total. The van der Waals surface area contributed by atoms with Gasteiger partial charge in [-0.3, -0.25) is 14.4 Å². The average molecular weight is 604 g/mol. The number of thioether (sulfide) groups is 1. The van der Waals surface area contributed by atoms with Crippen LogP contribution in [-0.4, -0.2) is 30.1 Å². The fourth-order valence-corrected chi connectivity index (χ4v) is 4.79. The van der Waals surface area contributed by atoms with Gasteiger partial charge in [-0.25, -0.2) is 4.39 Å². The number of hydrogen-bond donors (Lipinski definition) is 3. The maximum absolute atomic E-state index is 13.4. The summed E-state index contributed by atoms with van der Waals surface area (Å²) in [4.78, 5) is 39.6. The van der Waals surface area contributed by atoms with Crippen molar-refractivity contribution in [2.24, 2.45) is 0 Å². The molecule has 0 fully saturated rings. The van der Waals surface area contributed by atoms with Crippen LogP contribution >= 0.6 is 23.4 Å². The molecule has 42 heavy (non-hydrogen) atoms. The van der Waals surface area contributed by atoms with Crippen LogP contribution in [0.2, 0.25) is 5.02 Å². The molecule has 3 N–H and O–H groups in total. The normalized spacial score (nSPS) is 11.8. The van der Waals surface area contributed by atoms with Crippen LogP contribution in [0.4, 0.5) is 15.8 Å². The summed E-state index contributed by atoms with van der Waals surface area (Å²) in [6.45, 7) is 1.77. The second-order valence-electron chi connectivity index (χ2n) is 9.00. The second kappa shape index (κ2) is 14.3. The molecule has 0 saturated heterocycles. The van der Waals surface area contributed by atoms with E-state index in [4.69, 9.17) is 16.3 Å². The van der Waals surface area contributed by atoms with E-state index in [1.54, 1.807) is 79.7 Å². The minimum absolute atomic E-state index is 0.0179. The Morgan fingerprint density at radius 3 is 2.26 bits per heavy atom. The highest BCUT2D eigenvalue weighted by atomic mass is 35.5. The Kier molecular flexibility index (Phi) is 10.4. The molecule has 4 aromatic rings. The van der Waals surface area contributed by atoms with E-state index in [1.165, 1.54) is 49.2 Å². The van der Waals surface area contributed by atoms with E-state index >= 15 is 0 Å². The van der Waals surface area contributed by atoms with E-state index in [0.29, 0.717) is 33.3 Å². The number of anilines is 2. The number of benzene rings is 4. The molecule has 0 aliphatic rings. The van der Waals surface area contributed by atoms with Gasteiger partial charge in [0.2, 0.25) is 5.91 Å². The Bertz CT molecular complexity index is 1600. The smallest absolute Gasteiger partial charge is 0.272 e. The molecule has 0 spiro atoms. The van der Waals surface area contributed by atoms with Crippen molar-refractivity contribution in [2.45, 2.75) is 17.1 Å². The Hall–Kier alpha value is -4.60. The number of carbonyl (C=O) groups excluding carboxylic acids is 3. The summed E-state index contributed by atoms with van der Waals surface area (Å²) in [5.74, 6) is -1.18. The summed E-state index contributed by atoms with van der Waals surface area (Å²) in [5, 5.41) is 8.28. The fraction of sp³-hybridized carbons (Fsp3) is 0.0938. The molecule has 1 atom stereocenters. The van der Waals surface area contributed by atoms with Gasteiger partial charge in [-0.2, -0.15) is 0 Å². The summed E-state index contributed by atoms with van der Waals surface area (Å²) < 4.78 is 18.7. The van der Waals surface area contributed by atoms with E-state index in [1.807, 2.05) is 0 Å². The van der Waals surface area contributed by atoms with Gasteiger partial charge in [0, 0.05) is 21.2 Å². The molecule has 0 saturated carbocycles. The van der Waals surface area contributed by atoms with Crippen molar-refractivity contribution in [1.82, 2.24) is 5.32 Å². The third-order valence-electron chi connectivity index (χ3n) is 5.92. The first-order valence-corrected chi connectivity index (χ1v) is 14.0. The van der Waals surface area contributed by atoms with Crippen LogP contribution in [0.1, 0.15) is 22.8 Å². The minimum atomic E-state index is -0.563. The molecular weight excluding hydrogens is 577 g/mol. The SMILES string of the molecule is COc1ccc(Cl)cc1NC(=O)C(C)Sc1ccc(NC(=O)/C(=C/c2ccc(F)cc2)NC(=O)c2ccccc2)cc1. The van der Waals surface area contributed by atoms with Gasteiger partial charge in [0.05, 0.1) is 18.0 Å². The maximum atomic E-state index is 13.4. The summed E-state index contributed by atoms with van der Waals surface area (Å²) in [6.07, 6.45) is 1.47. The topological polar surface area (TPSA) is 96.5 Å². The maximum Gasteiger partial charge on any atom is 0.272 e. The van der Waals surface area contributed by atoms with E-state index in [0.717, 1.165) is 4.90 Å². The predicted octanol–water partition coefficient (Wildman–Crippen LogP) is 7.02. The quantitative estimate of drug-likeness (QED) is 0.134. The van der Waals surface area contributed by atoms with Crippen LogP contribution < -0.4 is 20.7 Å². The van der Waals surface area contributed by atoms with Crippen molar-refractivity contribution >= 4 is 58.5 Å². The van der Waals surface area contributed by atoms with Gasteiger partial charge in [-0.05, 0) is 85.3 Å². The first kappa shape index (κ1) is 30.4. The molecule has 3 amide bonds. The highest BCUT2D eigenvalue weighted by Gasteiger charge is 2.18. The monoisotopic (exact) mass is 603 g/mol. The second-order valence-corrected chi connectivity index (χ2v) is 10.9. The number of ether oxygens (including phenoxy) is 1. The van der Waals surface area contributed by atoms with Crippen LogP contribution in [0.25, 0.3) is 6.08 Å². The van der Waals surface area contributed by atoms with Gasteiger partial charge in [0.15, 0.2) is 0 Å². The number of rotatable bonds is 10. The van der Waals surface area contributed by atoms with E-state index < -0.39 is 22.9 Å². The lowest BCUT2D eigenvalue weighted by atomic mass is 10.1. The largest absolute Gasteiger partial charge is 0.495 e. The highest BCUT2D eigenvalue weighted by molar-refractivity contribution is 8.00. The van der Waals surface area contributed by atoms with Gasteiger partial charge in [-0.1, -0.05) is 41.9 Å². The zero-order valence-corrected chi connectivity index (χ0v) is 24.3. The first-order valence-electron chi connectivity index (χ1n) is 12.8. The Morgan fingerprint density at radius 1 is 0.905 bits per heavy atom. The molecule has 0 bridgehead atoms. The van der Waals surface area contributed by atoms with Crippen LogP contribution in [0.5, 0.6) is 5.75 Å². The third-order valence-corrected chi connectivity index (χ3v) is 7.27. The molecule has 214 valence electrons. The van der Waals surface area contributed by atoms with Crippen molar-refractivity contribution in [3.63, 3.8) is 0 Å². The van der Waals surface area contributed by atoms with Crippen LogP contribution in [0.3, 0.4) is 0 Å². The third kappa shape index (κ3) is 8.45. The summed E-state index contributed by atoms with van der Waals surface area (Å²) >= 11 is 7.39. The summed E-state index contributed by atoms with van der Waals surface area (Å²) in [5.41, 5.74) is 1.84. The lowest BCUT2D eigenvalue weighted by Gasteiger charge is -2.15. The standard InChI is InChI=1S/C32H27ClFN3O4S/c1-20(30(38)36-27-19-23(33)10-17-29(27)41-2)42-26-15-13-25(14-16-26)35-32(40)28(18-21-8-11-24(34)12-9-21)37-31(39)22-6-4-3-5-7-22/h3-20H,1-2H3,(H,35,40)(H,36,38)(H,37,39)/b28-18-. The molecule has 0 aromatic heterocycles. The number of halogens is 2. The lowest BCUT2D eigenvalue weighted by molar-refractivity contribution is -0.115. The number of nitrogens with one attached hydrogen (secondary N) is 3. The highest BCUT2D eigenvalue weighted by Crippen LogP contribution is 2.30. The fourth-order valence-electron chi connectivity index (χ4n) is 3.75. The number of carbonyl (C=O) groups is 3. The molecule has 0 radical (unpaired) electrons. The first-order chi connectivity index (χ1) is 20.2. The zero-order valence-electron chi connectivity index (χ0n) is 22.7. The van der Waals surface area contributed by atoms with Crippen molar-refractivity contribution in [3.8, 4) is 5.75 Å². The average Bonchev–Trinajstić information content (AvgIpc) is 2.99. The molecule has 10 heteroatoms. The Labute approximate surface area is 252 Å². The van der Waals surface area contributed by atoms with Gasteiger partial charge < -0.3 is 20.7 Å². The molecule has 0 aliphatic heterocycles. The van der Waals surface area contributed by atoms with Gasteiger partial charge in [-0.15, -0.1) is 11.8 Å². The van der Waals surface area contributed by atoms with Crippen LogP contribution in [-0.2, 0) is 9.59 Å². The minimum Gasteiger partial charge on any atom is -0.495 e. The number of amides is 3. The Balaban J connectivity index is 1.43. The molecule has 0 aliphatic carbocycles. The van der Waals surface area contributed by atoms with Gasteiger partial charge in [0.1, 0.15) is 17.3 Å². The van der Waals surface area contributed by atoms with E-state index in [-0.39, 0.29) is 11.6 Å². The van der Waals surface area contributed by atoms with Crippen molar-refractivity contribution in [1.29, 1.82) is 0 Å². The predicted molar refractivity (Wildman–Crippen MR) is 165 cm³/mol. The van der Waals surface area contributed by atoms with Crippen LogP contribution in [0.15, 0.2) is 108 Å². The molecule has 4 rings (SSSR count). The van der Waals surface area contributed by atoms with Crippen molar-refractivity contribution in [3.05, 3.63) is 125 Å². The molecule has 4 aromatic carbocycles. The van der Waals surface area contributed by atoms with E-state index in [9.17, 15) is 18.8 Å². The van der Waals surface area contributed by atoms with Gasteiger partial charge in [0.25, 0.3) is 11.8 Å². The number of hydrogen-bond acceptors (Lipinski definition) is 5. The van der Waals surface area contributed by atoms with Crippen LogP contribution in [0, 0.1) is 5.82 Å². The number of methoxy groups -OCH3 is 1. The van der Waals surface area contributed by atoms with Gasteiger partial charge >= 0.3 is 0 Å². The molecule has 0 heterocycles.